The fourth-order valence-electron chi connectivity index (χ4n) is 4.18. The molecule has 1 aliphatic heterocycles. The van der Waals surface area contributed by atoms with E-state index in [-0.39, 0.29) is 11.2 Å². The van der Waals surface area contributed by atoms with E-state index in [9.17, 15) is 9.90 Å². The maximum Gasteiger partial charge on any atom is 0.331 e. The van der Waals surface area contributed by atoms with Crippen LogP contribution in [-0.4, -0.2) is 30.1 Å². The lowest BCUT2D eigenvalue weighted by molar-refractivity contribution is -0.297. The molecule has 3 aliphatic rings. The minimum atomic E-state index is -0.742. The van der Waals surface area contributed by atoms with E-state index in [2.05, 4.69) is 13.8 Å². The van der Waals surface area contributed by atoms with Crippen LogP contribution in [0.5, 0.6) is 0 Å². The van der Waals surface area contributed by atoms with Crippen molar-refractivity contribution >= 4 is 5.97 Å². The number of carbonyl (C=O) groups is 1. The first-order chi connectivity index (χ1) is 9.84. The molecule has 1 spiro atoms. The van der Waals surface area contributed by atoms with Gasteiger partial charge in [-0.25, -0.2) is 4.79 Å². The highest BCUT2D eigenvalue weighted by atomic mass is 16.7. The van der Waals surface area contributed by atoms with Gasteiger partial charge in [0.1, 0.15) is 0 Å². The number of rotatable bonds is 2. The molecule has 21 heavy (non-hydrogen) atoms. The van der Waals surface area contributed by atoms with Gasteiger partial charge in [0.15, 0.2) is 5.79 Å². The lowest BCUT2D eigenvalue weighted by Crippen LogP contribution is -2.46. The summed E-state index contributed by atoms with van der Waals surface area (Å²) < 4.78 is 12.2. The van der Waals surface area contributed by atoms with Crippen LogP contribution in [0.4, 0.5) is 0 Å². The minimum absolute atomic E-state index is 0.104. The summed E-state index contributed by atoms with van der Waals surface area (Å²) in [5, 5.41) is 9.29. The molecule has 2 unspecified atom stereocenters. The van der Waals surface area contributed by atoms with Crippen LogP contribution in [0.1, 0.15) is 52.9 Å². The summed E-state index contributed by atoms with van der Waals surface area (Å²) in [6.45, 7) is 7.77. The molecule has 1 heterocycles. The van der Waals surface area contributed by atoms with E-state index in [1.165, 1.54) is 0 Å². The van der Waals surface area contributed by atoms with E-state index in [0.717, 1.165) is 44.5 Å². The third-order valence-corrected chi connectivity index (χ3v) is 5.32. The van der Waals surface area contributed by atoms with Gasteiger partial charge in [0, 0.05) is 23.8 Å². The van der Waals surface area contributed by atoms with Crippen molar-refractivity contribution in [1.82, 2.24) is 0 Å². The minimum Gasteiger partial charge on any atom is -0.478 e. The second-order valence-electron chi connectivity index (χ2n) is 7.73. The third kappa shape index (κ3) is 2.76. The molecule has 1 saturated heterocycles. The summed E-state index contributed by atoms with van der Waals surface area (Å²) in [6.07, 6.45) is 4.30. The molecule has 0 bridgehead atoms. The second kappa shape index (κ2) is 5.10. The Kier molecular flexibility index (Phi) is 3.65. The normalized spacial score (nSPS) is 33.2. The quantitative estimate of drug-likeness (QED) is 0.793. The van der Waals surface area contributed by atoms with Crippen LogP contribution >= 0.6 is 0 Å². The van der Waals surface area contributed by atoms with E-state index in [1.807, 2.05) is 6.92 Å². The summed E-state index contributed by atoms with van der Waals surface area (Å²) in [5.74, 6) is -0.0651. The van der Waals surface area contributed by atoms with Crippen molar-refractivity contribution < 1.29 is 19.4 Å². The number of carboxylic acids is 1. The Hall–Kier alpha value is -0.870. The molecule has 4 nitrogen and oxygen atoms in total. The molecule has 4 heteroatoms. The van der Waals surface area contributed by atoms with Crippen molar-refractivity contribution in [3.8, 4) is 0 Å². The molecule has 3 fully saturated rings. The number of allylic oxidation sites excluding steroid dienone is 1. The summed E-state index contributed by atoms with van der Waals surface area (Å²) in [4.78, 5) is 11.3. The molecule has 0 radical (unpaired) electrons. The predicted molar refractivity (Wildman–Crippen MR) is 78.8 cm³/mol. The molecule has 3 rings (SSSR count). The fourth-order valence-corrected chi connectivity index (χ4v) is 4.18. The molecule has 0 aromatic rings. The van der Waals surface area contributed by atoms with Crippen molar-refractivity contribution in [3.63, 3.8) is 0 Å². The SMILES string of the molecule is CCC(C(=O)O)=C1CC2CC3(CC2C1)OCC(C)(C)CO3. The fraction of sp³-hybridized carbons (Fsp3) is 0.824. The second-order valence-corrected chi connectivity index (χ2v) is 7.73. The Bertz CT molecular complexity index is 449. The number of fused-ring (bicyclic) bond motifs is 1. The standard InChI is InChI=1S/C17H26O4/c1-4-14(15(18)19)11-5-12-7-17(8-13(12)6-11)20-9-16(2,3)10-21-17/h12-13H,4-10H2,1-3H3,(H,18,19). The van der Waals surface area contributed by atoms with E-state index in [0.29, 0.717) is 23.8 Å². The average Bonchev–Trinajstić information content (AvgIpc) is 2.90. The topological polar surface area (TPSA) is 55.8 Å². The molecule has 2 aliphatic carbocycles. The summed E-state index contributed by atoms with van der Waals surface area (Å²) in [5.41, 5.74) is 1.89. The molecule has 1 N–H and O–H groups in total. The van der Waals surface area contributed by atoms with E-state index in [4.69, 9.17) is 9.47 Å². The van der Waals surface area contributed by atoms with Crippen molar-refractivity contribution in [2.75, 3.05) is 13.2 Å². The van der Waals surface area contributed by atoms with E-state index >= 15 is 0 Å². The molecular weight excluding hydrogens is 268 g/mol. The number of aliphatic carboxylic acids is 1. The summed E-state index contributed by atoms with van der Waals surface area (Å²) >= 11 is 0. The van der Waals surface area contributed by atoms with Crippen LogP contribution in [0.2, 0.25) is 0 Å². The highest BCUT2D eigenvalue weighted by Crippen LogP contribution is 2.54. The van der Waals surface area contributed by atoms with Crippen LogP contribution in [0.3, 0.4) is 0 Å². The average molecular weight is 294 g/mol. The largest absolute Gasteiger partial charge is 0.478 e. The Morgan fingerprint density at radius 2 is 1.71 bits per heavy atom. The molecule has 2 atom stereocenters. The molecule has 0 aromatic carbocycles. The number of hydrogen-bond donors (Lipinski definition) is 1. The maximum absolute atomic E-state index is 11.3. The predicted octanol–water partition coefficient (Wildman–Crippen LogP) is 3.37. The summed E-state index contributed by atoms with van der Waals surface area (Å²) in [7, 11) is 0. The lowest BCUT2D eigenvalue weighted by atomic mass is 9.93. The van der Waals surface area contributed by atoms with Crippen LogP contribution < -0.4 is 0 Å². The van der Waals surface area contributed by atoms with Gasteiger partial charge in [-0.05, 0) is 31.1 Å². The molecule has 0 amide bonds. The smallest absolute Gasteiger partial charge is 0.331 e. The van der Waals surface area contributed by atoms with Gasteiger partial charge in [-0.15, -0.1) is 0 Å². The van der Waals surface area contributed by atoms with Crippen LogP contribution in [-0.2, 0) is 14.3 Å². The first-order valence-electron chi connectivity index (χ1n) is 8.06. The maximum atomic E-state index is 11.3. The van der Waals surface area contributed by atoms with Gasteiger partial charge in [-0.1, -0.05) is 26.3 Å². The molecule has 118 valence electrons. The van der Waals surface area contributed by atoms with Gasteiger partial charge in [0.2, 0.25) is 0 Å². The molecular formula is C17H26O4. The Morgan fingerprint density at radius 3 is 2.14 bits per heavy atom. The first kappa shape index (κ1) is 15.0. The monoisotopic (exact) mass is 294 g/mol. The Labute approximate surface area is 126 Å². The molecule has 0 aromatic heterocycles. The number of ether oxygens (including phenoxy) is 2. The highest BCUT2D eigenvalue weighted by Gasteiger charge is 2.53. The van der Waals surface area contributed by atoms with Crippen molar-refractivity contribution in [3.05, 3.63) is 11.1 Å². The van der Waals surface area contributed by atoms with Crippen LogP contribution in [0.25, 0.3) is 0 Å². The number of carboxylic acid groups (broad SMARTS) is 1. The van der Waals surface area contributed by atoms with Crippen molar-refractivity contribution in [1.29, 1.82) is 0 Å². The zero-order chi connectivity index (χ0) is 15.3. The van der Waals surface area contributed by atoms with Gasteiger partial charge in [0.25, 0.3) is 0 Å². The zero-order valence-electron chi connectivity index (χ0n) is 13.3. The van der Waals surface area contributed by atoms with Crippen LogP contribution in [0, 0.1) is 17.3 Å². The highest BCUT2D eigenvalue weighted by molar-refractivity contribution is 5.87. The zero-order valence-corrected chi connectivity index (χ0v) is 13.3. The third-order valence-electron chi connectivity index (χ3n) is 5.32. The van der Waals surface area contributed by atoms with Crippen molar-refractivity contribution in [2.24, 2.45) is 17.3 Å². The van der Waals surface area contributed by atoms with E-state index in [1.54, 1.807) is 0 Å². The number of hydrogen-bond acceptors (Lipinski definition) is 3. The first-order valence-corrected chi connectivity index (χ1v) is 8.06. The van der Waals surface area contributed by atoms with Gasteiger partial charge in [0.05, 0.1) is 13.2 Å². The Balaban J connectivity index is 1.68. The summed E-state index contributed by atoms with van der Waals surface area (Å²) in [6, 6.07) is 0. The Morgan fingerprint density at radius 1 is 1.19 bits per heavy atom. The lowest BCUT2D eigenvalue weighted by Gasteiger charge is -2.42. The molecule has 2 saturated carbocycles. The van der Waals surface area contributed by atoms with Gasteiger partial charge >= 0.3 is 5.97 Å². The van der Waals surface area contributed by atoms with Crippen molar-refractivity contribution in [2.45, 2.75) is 58.7 Å². The van der Waals surface area contributed by atoms with Gasteiger partial charge in [-0.2, -0.15) is 0 Å². The van der Waals surface area contributed by atoms with Crippen LogP contribution in [0.15, 0.2) is 11.1 Å². The van der Waals surface area contributed by atoms with Gasteiger partial charge in [-0.3, -0.25) is 0 Å². The van der Waals surface area contributed by atoms with Gasteiger partial charge < -0.3 is 14.6 Å². The van der Waals surface area contributed by atoms with E-state index < -0.39 is 5.97 Å².